The molecule has 0 saturated heterocycles. The molecule has 17 heavy (non-hydrogen) atoms. The van der Waals surface area contributed by atoms with Crippen molar-refractivity contribution in [1.82, 2.24) is 4.98 Å². The zero-order valence-corrected chi connectivity index (χ0v) is 10.9. The quantitative estimate of drug-likeness (QED) is 0.739. The first-order valence-electron chi connectivity index (χ1n) is 5.88. The van der Waals surface area contributed by atoms with Crippen LogP contribution in [0.1, 0.15) is 16.8 Å². The van der Waals surface area contributed by atoms with Crippen LogP contribution in [0.4, 0.5) is 0 Å². The highest BCUT2D eigenvalue weighted by Crippen LogP contribution is 2.16. The van der Waals surface area contributed by atoms with Gasteiger partial charge in [0.2, 0.25) is 0 Å². The van der Waals surface area contributed by atoms with Gasteiger partial charge in [-0.2, -0.15) is 11.8 Å². The molecule has 0 fully saturated rings. The summed E-state index contributed by atoms with van der Waals surface area (Å²) >= 11 is 1.98. The van der Waals surface area contributed by atoms with Crippen molar-refractivity contribution >= 4 is 11.8 Å². The van der Waals surface area contributed by atoms with Crippen LogP contribution in [0.15, 0.2) is 48.7 Å². The standard InChI is InChI=1S/C15H17NS/c1-13-6-2-3-7-14(13)12-17-11-9-15-8-4-5-10-16-15/h2-8,10H,9,11-12H2,1H3. The molecule has 1 nitrogen and oxygen atoms in total. The second-order valence-electron chi connectivity index (χ2n) is 4.05. The van der Waals surface area contributed by atoms with Gasteiger partial charge in [-0.1, -0.05) is 30.3 Å². The highest BCUT2D eigenvalue weighted by Gasteiger charge is 1.98. The van der Waals surface area contributed by atoms with Crippen LogP contribution in [-0.2, 0) is 12.2 Å². The molecular weight excluding hydrogens is 226 g/mol. The van der Waals surface area contributed by atoms with Crippen molar-refractivity contribution in [3.05, 3.63) is 65.5 Å². The largest absolute Gasteiger partial charge is 0.261 e. The van der Waals surface area contributed by atoms with Crippen molar-refractivity contribution < 1.29 is 0 Å². The molecule has 0 amide bonds. The molecule has 0 aliphatic heterocycles. The van der Waals surface area contributed by atoms with E-state index in [1.807, 2.05) is 30.1 Å². The number of rotatable bonds is 5. The summed E-state index contributed by atoms with van der Waals surface area (Å²) < 4.78 is 0. The highest BCUT2D eigenvalue weighted by atomic mass is 32.2. The van der Waals surface area contributed by atoms with Crippen LogP contribution in [0.3, 0.4) is 0 Å². The molecular formula is C15H17NS. The van der Waals surface area contributed by atoms with E-state index >= 15 is 0 Å². The van der Waals surface area contributed by atoms with E-state index in [2.05, 4.69) is 42.2 Å². The lowest BCUT2D eigenvalue weighted by molar-refractivity contribution is 1.05. The fraction of sp³-hybridized carbons (Fsp3) is 0.267. The molecule has 0 atom stereocenters. The van der Waals surface area contributed by atoms with Crippen LogP contribution in [0, 0.1) is 6.92 Å². The summed E-state index contributed by atoms with van der Waals surface area (Å²) in [5.74, 6) is 2.23. The van der Waals surface area contributed by atoms with E-state index in [1.165, 1.54) is 16.8 Å². The van der Waals surface area contributed by atoms with Crippen LogP contribution in [-0.4, -0.2) is 10.7 Å². The van der Waals surface area contributed by atoms with Gasteiger partial charge >= 0.3 is 0 Å². The molecule has 2 heteroatoms. The fourth-order valence-corrected chi connectivity index (χ4v) is 2.72. The molecule has 0 aliphatic carbocycles. The Morgan fingerprint density at radius 3 is 2.65 bits per heavy atom. The number of benzene rings is 1. The Labute approximate surface area is 107 Å². The molecule has 1 aromatic carbocycles. The molecule has 0 saturated carbocycles. The second-order valence-corrected chi connectivity index (χ2v) is 5.16. The summed E-state index contributed by atoms with van der Waals surface area (Å²) in [4.78, 5) is 4.33. The minimum atomic E-state index is 1.05. The summed E-state index contributed by atoms with van der Waals surface area (Å²) in [5, 5.41) is 0. The van der Waals surface area contributed by atoms with Crippen molar-refractivity contribution in [2.75, 3.05) is 5.75 Å². The molecule has 0 unspecified atom stereocenters. The van der Waals surface area contributed by atoms with Crippen molar-refractivity contribution in [2.24, 2.45) is 0 Å². The molecule has 2 rings (SSSR count). The number of aryl methyl sites for hydroxylation is 2. The first-order chi connectivity index (χ1) is 8.36. The van der Waals surface area contributed by atoms with Crippen LogP contribution in [0.2, 0.25) is 0 Å². The lowest BCUT2D eigenvalue weighted by Gasteiger charge is -2.05. The van der Waals surface area contributed by atoms with Gasteiger partial charge in [0.05, 0.1) is 0 Å². The number of hydrogen-bond donors (Lipinski definition) is 0. The number of pyridine rings is 1. The molecule has 0 bridgehead atoms. The molecule has 0 radical (unpaired) electrons. The summed E-state index contributed by atoms with van der Waals surface area (Å²) in [7, 11) is 0. The van der Waals surface area contributed by atoms with Crippen LogP contribution in [0.5, 0.6) is 0 Å². The fourth-order valence-electron chi connectivity index (χ4n) is 1.68. The predicted octanol–water partition coefficient (Wildman–Crippen LogP) is 3.87. The molecule has 0 spiro atoms. The third-order valence-corrected chi connectivity index (χ3v) is 3.76. The summed E-state index contributed by atoms with van der Waals surface area (Å²) in [6.07, 6.45) is 2.92. The maximum absolute atomic E-state index is 4.33. The molecule has 0 N–H and O–H groups in total. The van der Waals surface area contributed by atoms with Crippen LogP contribution in [0.25, 0.3) is 0 Å². The van der Waals surface area contributed by atoms with Crippen molar-refractivity contribution in [1.29, 1.82) is 0 Å². The molecule has 1 heterocycles. The number of aromatic nitrogens is 1. The van der Waals surface area contributed by atoms with Crippen molar-refractivity contribution in [2.45, 2.75) is 19.1 Å². The van der Waals surface area contributed by atoms with Crippen LogP contribution < -0.4 is 0 Å². The van der Waals surface area contributed by atoms with Crippen LogP contribution >= 0.6 is 11.8 Å². The second kappa shape index (κ2) is 6.45. The molecule has 1 aromatic heterocycles. The Bertz CT molecular complexity index is 453. The Morgan fingerprint density at radius 1 is 1.06 bits per heavy atom. The normalized spacial score (nSPS) is 10.4. The summed E-state index contributed by atoms with van der Waals surface area (Å²) in [6.45, 7) is 2.18. The zero-order valence-electron chi connectivity index (χ0n) is 10.1. The first kappa shape index (κ1) is 12.2. The van der Waals surface area contributed by atoms with Gasteiger partial charge < -0.3 is 0 Å². The van der Waals surface area contributed by atoms with E-state index in [9.17, 15) is 0 Å². The predicted molar refractivity (Wildman–Crippen MR) is 75.3 cm³/mol. The number of nitrogens with zero attached hydrogens (tertiary/aromatic N) is 1. The van der Waals surface area contributed by atoms with Gasteiger partial charge in [-0.05, 0) is 42.4 Å². The first-order valence-corrected chi connectivity index (χ1v) is 7.04. The van der Waals surface area contributed by atoms with Gasteiger partial charge in [-0.15, -0.1) is 0 Å². The highest BCUT2D eigenvalue weighted by molar-refractivity contribution is 7.98. The monoisotopic (exact) mass is 243 g/mol. The lowest BCUT2D eigenvalue weighted by Crippen LogP contribution is -1.93. The average molecular weight is 243 g/mol. The summed E-state index contributed by atoms with van der Waals surface area (Å²) in [6, 6.07) is 14.7. The van der Waals surface area contributed by atoms with E-state index in [-0.39, 0.29) is 0 Å². The Morgan fingerprint density at radius 2 is 1.88 bits per heavy atom. The van der Waals surface area contributed by atoms with E-state index < -0.39 is 0 Å². The lowest BCUT2D eigenvalue weighted by atomic mass is 10.1. The van der Waals surface area contributed by atoms with Gasteiger partial charge in [-0.3, -0.25) is 4.98 Å². The molecule has 2 aromatic rings. The minimum absolute atomic E-state index is 1.05. The topological polar surface area (TPSA) is 12.9 Å². The van der Waals surface area contributed by atoms with Gasteiger partial charge in [-0.25, -0.2) is 0 Å². The van der Waals surface area contributed by atoms with Gasteiger partial charge in [0.1, 0.15) is 0 Å². The summed E-state index contributed by atoms with van der Waals surface area (Å²) in [5.41, 5.74) is 4.01. The Kier molecular flexibility index (Phi) is 4.63. The molecule has 0 aliphatic rings. The Balaban J connectivity index is 1.76. The van der Waals surface area contributed by atoms with Gasteiger partial charge in [0.15, 0.2) is 0 Å². The van der Waals surface area contributed by atoms with E-state index in [1.54, 1.807) is 0 Å². The third kappa shape index (κ3) is 3.90. The van der Waals surface area contributed by atoms with Crippen molar-refractivity contribution in [3.63, 3.8) is 0 Å². The zero-order chi connectivity index (χ0) is 11.9. The Hall–Kier alpha value is -1.28. The van der Waals surface area contributed by atoms with Gasteiger partial charge in [0, 0.05) is 17.6 Å². The molecule has 88 valence electrons. The van der Waals surface area contributed by atoms with Crippen molar-refractivity contribution in [3.8, 4) is 0 Å². The SMILES string of the molecule is Cc1ccccc1CSCCc1ccccn1. The maximum atomic E-state index is 4.33. The number of hydrogen-bond acceptors (Lipinski definition) is 2. The van der Waals surface area contributed by atoms with E-state index in [0.717, 1.165) is 17.9 Å². The third-order valence-electron chi connectivity index (χ3n) is 2.75. The van der Waals surface area contributed by atoms with E-state index in [4.69, 9.17) is 0 Å². The van der Waals surface area contributed by atoms with Gasteiger partial charge in [0.25, 0.3) is 0 Å². The smallest absolute Gasteiger partial charge is 0.0411 e. The maximum Gasteiger partial charge on any atom is 0.0411 e. The minimum Gasteiger partial charge on any atom is -0.261 e. The van der Waals surface area contributed by atoms with E-state index in [0.29, 0.717) is 0 Å². The number of thioether (sulfide) groups is 1. The average Bonchev–Trinajstić information content (AvgIpc) is 2.38.